The van der Waals surface area contributed by atoms with E-state index >= 15 is 0 Å². The second-order valence-electron chi connectivity index (χ2n) is 10.9. The lowest BCUT2D eigenvalue weighted by Crippen LogP contribution is -2.36. The van der Waals surface area contributed by atoms with Crippen LogP contribution in [-0.4, -0.2) is 41.5 Å². The molecule has 1 aliphatic carbocycles. The van der Waals surface area contributed by atoms with E-state index in [4.69, 9.17) is 11.5 Å². The molecule has 0 aliphatic heterocycles. The van der Waals surface area contributed by atoms with Crippen LogP contribution >= 0.6 is 0 Å². The lowest BCUT2D eigenvalue weighted by molar-refractivity contribution is 0.0929. The Labute approximate surface area is 262 Å². The molecule has 0 saturated carbocycles. The van der Waals surface area contributed by atoms with E-state index in [0.29, 0.717) is 24.2 Å². The number of hydrogen-bond acceptors (Lipinski definition) is 13. The number of nitrogens with zero attached hydrogens (tertiary/aromatic N) is 5. The van der Waals surface area contributed by atoms with Gasteiger partial charge in [-0.2, -0.15) is 9.50 Å². The van der Waals surface area contributed by atoms with Gasteiger partial charge < -0.3 is 27.4 Å². The summed E-state index contributed by atoms with van der Waals surface area (Å²) in [7, 11) is 0. The van der Waals surface area contributed by atoms with E-state index in [1.807, 2.05) is 24.3 Å². The Bertz CT molecular complexity index is 2350. The fourth-order valence-corrected chi connectivity index (χ4v) is 5.56. The Morgan fingerprint density at radius 2 is 1.79 bits per heavy atom. The molecule has 1 aliphatic rings. The van der Waals surface area contributed by atoms with Gasteiger partial charge in [0, 0.05) is 24.7 Å². The van der Waals surface area contributed by atoms with Crippen molar-refractivity contribution >= 4 is 34.9 Å². The van der Waals surface area contributed by atoms with Crippen molar-refractivity contribution in [3.63, 3.8) is 0 Å². The van der Waals surface area contributed by atoms with Crippen molar-refractivity contribution in [2.24, 2.45) is 0 Å². The van der Waals surface area contributed by atoms with E-state index in [0.717, 1.165) is 22.3 Å². The van der Waals surface area contributed by atoms with Gasteiger partial charge in [-0.15, -0.1) is 5.10 Å². The molecule has 7 rings (SSSR count). The number of aryl methyl sites for hydroxylation is 1. The third-order valence-corrected chi connectivity index (χ3v) is 7.89. The van der Waals surface area contributed by atoms with Crippen molar-refractivity contribution in [3.8, 4) is 11.4 Å². The average molecular weight is 636 g/mol. The van der Waals surface area contributed by atoms with E-state index in [-0.39, 0.29) is 53.6 Å². The first-order chi connectivity index (χ1) is 22.6. The molecule has 0 fully saturated rings. The molecule has 1 atom stereocenters. The Morgan fingerprint density at radius 1 is 0.979 bits per heavy atom. The number of nitrogens with two attached hydrogens (primary N) is 2. The Kier molecular flexibility index (Phi) is 7.03. The highest BCUT2D eigenvalue weighted by molar-refractivity contribution is 5.98. The summed E-state index contributed by atoms with van der Waals surface area (Å²) in [6, 6.07) is 13.7. The zero-order valence-corrected chi connectivity index (χ0v) is 24.4. The molecule has 8 N–H and O–H groups in total. The van der Waals surface area contributed by atoms with E-state index < -0.39 is 28.4 Å². The summed E-state index contributed by atoms with van der Waals surface area (Å²) in [5, 5.41) is 16.5. The molecular formula is C30H25N11O6. The number of hydrogen-bond donors (Lipinski definition) is 6. The summed E-state index contributed by atoms with van der Waals surface area (Å²) in [4.78, 5) is 72.0. The van der Waals surface area contributed by atoms with Gasteiger partial charge in [-0.05, 0) is 41.2 Å². The number of carbonyl (C=O) groups is 2. The highest BCUT2D eigenvalue weighted by Crippen LogP contribution is 2.33. The van der Waals surface area contributed by atoms with Crippen LogP contribution < -0.4 is 44.0 Å². The van der Waals surface area contributed by atoms with Crippen LogP contribution in [0.4, 0.5) is 17.3 Å². The first-order valence-electron chi connectivity index (χ1n) is 14.4. The number of aromatic amines is 1. The number of carbonyl (C=O) groups excluding carboxylic acids is 2. The molecule has 47 heavy (non-hydrogen) atoms. The smallest absolute Gasteiger partial charge is 0.394 e. The van der Waals surface area contributed by atoms with Gasteiger partial charge >= 0.3 is 5.76 Å². The summed E-state index contributed by atoms with van der Waals surface area (Å²) >= 11 is 0. The van der Waals surface area contributed by atoms with Crippen LogP contribution in [0.2, 0.25) is 0 Å². The lowest BCUT2D eigenvalue weighted by Gasteiger charge is -2.15. The summed E-state index contributed by atoms with van der Waals surface area (Å²) in [6.45, 7) is 0.373. The molecule has 0 unspecified atom stereocenters. The predicted molar refractivity (Wildman–Crippen MR) is 167 cm³/mol. The van der Waals surface area contributed by atoms with Crippen LogP contribution in [0.5, 0.6) is 0 Å². The standard InChI is InChI=1S/C30H25N11O6/c31-21-22(24(43)23(21)42)33-11-13-2-1-3-14(8-13)12-34-26(44)19-10-20(41-29(36-19)38-28(32)39-41)27(45)35-18-7-5-15-9-16(4-6-17(15)18)25-37-30(46)47-40-25/h1-4,6,8-10,18,33H,5,7,11-12,31H2,(H2,32,39)(H,34,44)(H,35,45)(H,37,40,46)/t18-/m0/s1. The van der Waals surface area contributed by atoms with Gasteiger partial charge in [0.05, 0.1) is 6.04 Å². The molecule has 17 heteroatoms. The largest absolute Gasteiger partial charge is 0.439 e. The topological polar surface area (TPSA) is 258 Å². The number of anilines is 3. The molecule has 0 spiro atoms. The van der Waals surface area contributed by atoms with Gasteiger partial charge in [0.25, 0.3) is 28.4 Å². The maximum Gasteiger partial charge on any atom is 0.439 e. The molecule has 6 aromatic rings. The van der Waals surface area contributed by atoms with Crippen molar-refractivity contribution < 1.29 is 14.1 Å². The number of amides is 2. The zero-order chi connectivity index (χ0) is 32.8. The van der Waals surface area contributed by atoms with Gasteiger partial charge in [0.2, 0.25) is 5.95 Å². The zero-order valence-electron chi connectivity index (χ0n) is 24.4. The van der Waals surface area contributed by atoms with Gasteiger partial charge in [0.15, 0.2) is 5.82 Å². The summed E-state index contributed by atoms with van der Waals surface area (Å²) < 4.78 is 5.78. The Morgan fingerprint density at radius 3 is 2.55 bits per heavy atom. The third-order valence-electron chi connectivity index (χ3n) is 7.89. The van der Waals surface area contributed by atoms with Crippen molar-refractivity contribution in [2.75, 3.05) is 16.8 Å². The van der Waals surface area contributed by atoms with Crippen LogP contribution in [0.25, 0.3) is 17.2 Å². The molecule has 0 bridgehead atoms. The van der Waals surface area contributed by atoms with Crippen molar-refractivity contribution in [1.82, 2.24) is 40.4 Å². The van der Waals surface area contributed by atoms with E-state index in [1.54, 1.807) is 18.2 Å². The van der Waals surface area contributed by atoms with E-state index in [1.165, 1.54) is 10.6 Å². The summed E-state index contributed by atoms with van der Waals surface area (Å²) in [5.74, 6) is -1.56. The lowest BCUT2D eigenvalue weighted by atomic mass is 10.0. The molecule has 3 aromatic carbocycles. The fourth-order valence-electron chi connectivity index (χ4n) is 5.56. The minimum atomic E-state index is -0.701. The van der Waals surface area contributed by atoms with Gasteiger partial charge in [0.1, 0.15) is 22.8 Å². The van der Waals surface area contributed by atoms with Crippen molar-refractivity contribution in [3.05, 3.63) is 113 Å². The number of H-pyrrole nitrogens is 1. The highest BCUT2D eigenvalue weighted by atomic mass is 16.5. The molecule has 2 amide bonds. The van der Waals surface area contributed by atoms with Crippen LogP contribution in [0.3, 0.4) is 0 Å². The molecular weight excluding hydrogens is 610 g/mol. The normalized spacial score (nSPS) is 13.9. The highest BCUT2D eigenvalue weighted by Gasteiger charge is 2.27. The van der Waals surface area contributed by atoms with E-state index in [2.05, 4.69) is 45.7 Å². The summed E-state index contributed by atoms with van der Waals surface area (Å²) in [6.07, 6.45) is 1.29. The van der Waals surface area contributed by atoms with Crippen LogP contribution in [0.1, 0.15) is 55.7 Å². The first kappa shape index (κ1) is 29.1. The maximum atomic E-state index is 13.6. The molecule has 3 aromatic heterocycles. The molecule has 17 nitrogen and oxygen atoms in total. The fraction of sp³-hybridized carbons (Fsp3) is 0.167. The van der Waals surface area contributed by atoms with Crippen LogP contribution in [0.15, 0.2) is 67.4 Å². The number of rotatable bonds is 9. The second-order valence-corrected chi connectivity index (χ2v) is 10.9. The summed E-state index contributed by atoms with van der Waals surface area (Å²) in [5.41, 5.74) is 14.1. The molecule has 236 valence electrons. The van der Waals surface area contributed by atoms with Crippen LogP contribution in [0, 0.1) is 0 Å². The minimum Gasteiger partial charge on any atom is -0.394 e. The molecule has 3 heterocycles. The third kappa shape index (κ3) is 5.45. The number of fused-ring (bicyclic) bond motifs is 2. The first-order valence-corrected chi connectivity index (χ1v) is 14.4. The van der Waals surface area contributed by atoms with Gasteiger partial charge in [-0.3, -0.25) is 28.7 Å². The quantitative estimate of drug-likeness (QED) is 0.116. The number of nitrogens with one attached hydrogen (secondary N) is 4. The molecule has 0 saturated heterocycles. The number of aromatic nitrogens is 6. The van der Waals surface area contributed by atoms with Crippen LogP contribution in [-0.2, 0) is 19.5 Å². The number of nitrogen functional groups attached to an aromatic ring is 2. The van der Waals surface area contributed by atoms with Gasteiger partial charge in [-0.25, -0.2) is 9.78 Å². The molecule has 0 radical (unpaired) electrons. The monoisotopic (exact) mass is 635 g/mol. The van der Waals surface area contributed by atoms with Gasteiger partial charge in [-0.1, -0.05) is 41.6 Å². The predicted octanol–water partition coefficient (Wildman–Crippen LogP) is 0.187. The van der Waals surface area contributed by atoms with Crippen molar-refractivity contribution in [1.29, 1.82) is 0 Å². The minimum absolute atomic E-state index is 0.0141. The Balaban J connectivity index is 1.06. The Hall–Kier alpha value is -6.65. The second kappa shape index (κ2) is 11.4. The maximum absolute atomic E-state index is 13.6. The van der Waals surface area contributed by atoms with Crippen molar-refractivity contribution in [2.45, 2.75) is 32.0 Å². The SMILES string of the molecule is Nc1nc2nc(C(=O)NCc3cccc(CNc4c(N)c(=O)c4=O)c3)cc(C(=O)N[C@H]3CCc4cc(-c5noc(=O)[nH]5)ccc43)n2n1. The number of benzene rings is 2. The average Bonchev–Trinajstić information content (AvgIpc) is 3.80. The van der Waals surface area contributed by atoms with E-state index in [9.17, 15) is 24.0 Å².